The quantitative estimate of drug-likeness (QED) is 0.923. The number of benzene rings is 1. The minimum Gasteiger partial charge on any atom is -0.480 e. The maximum atomic E-state index is 11.3. The summed E-state index contributed by atoms with van der Waals surface area (Å²) in [5, 5.41) is 9.30. The lowest BCUT2D eigenvalue weighted by Gasteiger charge is -2.42. The zero-order chi connectivity index (χ0) is 11.8. The van der Waals surface area contributed by atoms with Crippen LogP contribution in [0.15, 0.2) is 33.6 Å². The summed E-state index contributed by atoms with van der Waals surface area (Å²) >= 11 is 4.87. The van der Waals surface area contributed by atoms with E-state index >= 15 is 0 Å². The number of rotatable bonds is 3. The molecule has 16 heavy (non-hydrogen) atoms. The summed E-state index contributed by atoms with van der Waals surface area (Å²) in [4.78, 5) is 12.3. The molecule has 1 aliphatic carbocycles. The maximum absolute atomic E-state index is 11.3. The molecule has 4 heteroatoms. The fourth-order valence-electron chi connectivity index (χ4n) is 2.12. The van der Waals surface area contributed by atoms with Crippen molar-refractivity contribution in [2.45, 2.75) is 29.4 Å². The van der Waals surface area contributed by atoms with Gasteiger partial charge in [0.05, 0.1) is 0 Å². The Morgan fingerprint density at radius 1 is 1.56 bits per heavy atom. The number of aliphatic carboxylic acids is 1. The largest absolute Gasteiger partial charge is 0.480 e. The Labute approximate surface area is 108 Å². The number of thioether (sulfide) groups is 1. The Morgan fingerprint density at radius 3 is 2.75 bits per heavy atom. The molecule has 0 bridgehead atoms. The van der Waals surface area contributed by atoms with E-state index < -0.39 is 10.7 Å². The maximum Gasteiger partial charge on any atom is 0.320 e. The van der Waals surface area contributed by atoms with E-state index in [-0.39, 0.29) is 0 Å². The Bertz CT molecular complexity index is 413. The van der Waals surface area contributed by atoms with Crippen LogP contribution in [0.25, 0.3) is 0 Å². The van der Waals surface area contributed by atoms with Crippen LogP contribution in [0.2, 0.25) is 0 Å². The third-order valence-corrected chi connectivity index (χ3v) is 4.74. The van der Waals surface area contributed by atoms with Gasteiger partial charge in [0.2, 0.25) is 0 Å². The predicted molar refractivity (Wildman–Crippen MR) is 68.8 cm³/mol. The minimum absolute atomic E-state index is 0.524. The molecule has 1 aliphatic rings. The van der Waals surface area contributed by atoms with Gasteiger partial charge >= 0.3 is 5.97 Å². The van der Waals surface area contributed by atoms with E-state index in [4.69, 9.17) is 0 Å². The van der Waals surface area contributed by atoms with Gasteiger partial charge in [0, 0.05) is 9.37 Å². The number of hydrogen-bond acceptors (Lipinski definition) is 2. The van der Waals surface area contributed by atoms with Gasteiger partial charge in [-0.05, 0) is 37.0 Å². The van der Waals surface area contributed by atoms with Crippen LogP contribution < -0.4 is 0 Å². The number of carboxylic acids is 1. The summed E-state index contributed by atoms with van der Waals surface area (Å²) in [7, 11) is 0. The molecule has 0 heterocycles. The van der Waals surface area contributed by atoms with E-state index in [0.29, 0.717) is 5.92 Å². The highest BCUT2D eigenvalue weighted by molar-refractivity contribution is 9.10. The second-order valence-electron chi connectivity index (χ2n) is 4.37. The van der Waals surface area contributed by atoms with Gasteiger partial charge in [-0.25, -0.2) is 0 Å². The van der Waals surface area contributed by atoms with Gasteiger partial charge in [-0.2, -0.15) is 0 Å². The first-order valence-electron chi connectivity index (χ1n) is 5.20. The van der Waals surface area contributed by atoms with Gasteiger partial charge in [0.1, 0.15) is 4.75 Å². The van der Waals surface area contributed by atoms with Crippen molar-refractivity contribution < 1.29 is 9.90 Å². The highest BCUT2D eigenvalue weighted by Gasteiger charge is 2.49. The van der Waals surface area contributed by atoms with E-state index in [2.05, 4.69) is 22.9 Å². The smallest absolute Gasteiger partial charge is 0.320 e. The van der Waals surface area contributed by atoms with Crippen molar-refractivity contribution in [2.24, 2.45) is 5.92 Å². The molecule has 1 saturated carbocycles. The first kappa shape index (κ1) is 12.0. The molecule has 2 rings (SSSR count). The number of halogens is 1. The molecule has 1 fully saturated rings. The fourth-order valence-corrected chi connectivity index (χ4v) is 4.28. The second kappa shape index (κ2) is 4.41. The molecule has 0 spiro atoms. The molecule has 0 atom stereocenters. The van der Waals surface area contributed by atoms with E-state index in [1.807, 2.05) is 24.3 Å². The highest BCUT2D eigenvalue weighted by atomic mass is 79.9. The third kappa shape index (κ3) is 2.28. The highest BCUT2D eigenvalue weighted by Crippen LogP contribution is 2.51. The van der Waals surface area contributed by atoms with Crippen LogP contribution in [0, 0.1) is 5.92 Å². The average Bonchev–Trinajstić information content (AvgIpc) is 2.14. The van der Waals surface area contributed by atoms with Gasteiger partial charge < -0.3 is 5.11 Å². The summed E-state index contributed by atoms with van der Waals surface area (Å²) < 4.78 is 0.394. The summed E-state index contributed by atoms with van der Waals surface area (Å²) in [5.41, 5.74) is 0. The van der Waals surface area contributed by atoms with Crippen molar-refractivity contribution in [3.8, 4) is 0 Å². The van der Waals surface area contributed by atoms with Crippen LogP contribution in [0.4, 0.5) is 0 Å². The zero-order valence-electron chi connectivity index (χ0n) is 8.94. The second-order valence-corrected chi connectivity index (χ2v) is 6.74. The van der Waals surface area contributed by atoms with Crippen LogP contribution >= 0.6 is 27.7 Å². The number of carboxylic acid groups (broad SMARTS) is 1. The van der Waals surface area contributed by atoms with Crippen LogP contribution in [-0.2, 0) is 4.79 Å². The summed E-state index contributed by atoms with van der Waals surface area (Å²) in [6, 6.07) is 7.81. The zero-order valence-corrected chi connectivity index (χ0v) is 11.3. The SMILES string of the molecule is CC1CC(Sc2cccc(Br)c2)(C(=O)O)C1. The summed E-state index contributed by atoms with van der Waals surface area (Å²) in [5.74, 6) is -0.161. The van der Waals surface area contributed by atoms with Gasteiger partial charge in [-0.15, -0.1) is 11.8 Å². The van der Waals surface area contributed by atoms with Crippen molar-refractivity contribution in [3.63, 3.8) is 0 Å². The Balaban J connectivity index is 2.16. The molecule has 0 aliphatic heterocycles. The molecule has 1 aromatic carbocycles. The molecule has 1 aromatic rings. The van der Waals surface area contributed by atoms with E-state index in [1.54, 1.807) is 0 Å². The molecular weight excluding hydrogens is 288 g/mol. The normalized spacial score (nSPS) is 28.5. The van der Waals surface area contributed by atoms with Crippen LogP contribution in [0.3, 0.4) is 0 Å². The lowest BCUT2D eigenvalue weighted by Crippen LogP contribution is -2.46. The van der Waals surface area contributed by atoms with Crippen molar-refractivity contribution >= 4 is 33.7 Å². The van der Waals surface area contributed by atoms with E-state index in [9.17, 15) is 9.90 Å². The number of carbonyl (C=O) groups is 1. The van der Waals surface area contributed by atoms with Gasteiger partial charge in [-0.3, -0.25) is 4.79 Å². The Kier molecular flexibility index (Phi) is 3.31. The van der Waals surface area contributed by atoms with E-state index in [0.717, 1.165) is 22.2 Å². The first-order chi connectivity index (χ1) is 7.52. The molecular formula is C12H13BrO2S. The van der Waals surface area contributed by atoms with Gasteiger partial charge in [0.25, 0.3) is 0 Å². The number of hydrogen-bond donors (Lipinski definition) is 1. The molecule has 1 N–H and O–H groups in total. The Morgan fingerprint density at radius 2 is 2.25 bits per heavy atom. The van der Waals surface area contributed by atoms with Crippen LogP contribution in [-0.4, -0.2) is 15.8 Å². The first-order valence-corrected chi connectivity index (χ1v) is 6.81. The minimum atomic E-state index is -0.685. The summed E-state index contributed by atoms with van der Waals surface area (Å²) in [6.45, 7) is 2.10. The lowest BCUT2D eigenvalue weighted by molar-refractivity contribution is -0.143. The van der Waals surface area contributed by atoms with Gasteiger partial charge in [-0.1, -0.05) is 28.9 Å². The van der Waals surface area contributed by atoms with Gasteiger partial charge in [0.15, 0.2) is 0 Å². The standard InChI is InChI=1S/C12H13BrO2S/c1-8-6-12(7-8,11(14)15)16-10-4-2-3-9(13)5-10/h2-5,8H,6-7H2,1H3,(H,14,15). The molecule has 0 saturated heterocycles. The molecule has 0 aromatic heterocycles. The average molecular weight is 301 g/mol. The Hall–Kier alpha value is -0.480. The summed E-state index contributed by atoms with van der Waals surface area (Å²) in [6.07, 6.45) is 1.53. The predicted octanol–water partition coefficient (Wildman–Crippen LogP) is 3.79. The van der Waals surface area contributed by atoms with Crippen molar-refractivity contribution in [2.75, 3.05) is 0 Å². The van der Waals surface area contributed by atoms with Crippen molar-refractivity contribution in [1.82, 2.24) is 0 Å². The third-order valence-electron chi connectivity index (χ3n) is 2.86. The topological polar surface area (TPSA) is 37.3 Å². The fraction of sp³-hybridized carbons (Fsp3) is 0.417. The lowest BCUT2D eigenvalue weighted by atomic mass is 9.75. The van der Waals surface area contributed by atoms with Crippen LogP contribution in [0.5, 0.6) is 0 Å². The molecule has 2 nitrogen and oxygen atoms in total. The monoisotopic (exact) mass is 300 g/mol. The van der Waals surface area contributed by atoms with Crippen LogP contribution in [0.1, 0.15) is 19.8 Å². The molecule has 0 radical (unpaired) electrons. The van der Waals surface area contributed by atoms with Crippen molar-refractivity contribution in [3.05, 3.63) is 28.7 Å². The molecule has 86 valence electrons. The van der Waals surface area contributed by atoms with E-state index in [1.165, 1.54) is 11.8 Å². The molecule has 0 unspecified atom stereocenters. The molecule has 0 amide bonds. The van der Waals surface area contributed by atoms with Crippen molar-refractivity contribution in [1.29, 1.82) is 0 Å².